The van der Waals surface area contributed by atoms with E-state index in [-0.39, 0.29) is 22.9 Å². The number of ketones is 1. The summed E-state index contributed by atoms with van der Waals surface area (Å²) < 4.78 is 12.4. The van der Waals surface area contributed by atoms with Gasteiger partial charge in [-0.25, -0.2) is 0 Å². The van der Waals surface area contributed by atoms with Crippen LogP contribution in [0.5, 0.6) is 11.5 Å². The van der Waals surface area contributed by atoms with Crippen molar-refractivity contribution >= 4 is 29.3 Å². The van der Waals surface area contributed by atoms with Crippen LogP contribution in [0.4, 0.5) is 0 Å². The first-order valence-corrected chi connectivity index (χ1v) is 8.15. The molecule has 2 aromatic heterocycles. The van der Waals surface area contributed by atoms with Crippen LogP contribution in [0.15, 0.2) is 45.8 Å². The summed E-state index contributed by atoms with van der Waals surface area (Å²) >= 11 is 1.19. The molecule has 6 nitrogen and oxygen atoms in total. The molecule has 3 aromatic rings. The maximum Gasteiger partial charge on any atom is 0.268 e. The lowest BCUT2D eigenvalue weighted by atomic mass is 10.2. The lowest BCUT2D eigenvalue weighted by Gasteiger charge is -2.02. The fourth-order valence-electron chi connectivity index (χ4n) is 2.26. The molecule has 0 saturated heterocycles. The van der Waals surface area contributed by atoms with Crippen LogP contribution in [0.25, 0.3) is 12.2 Å². The summed E-state index contributed by atoms with van der Waals surface area (Å²) in [4.78, 5) is 24.5. The first kappa shape index (κ1) is 16.8. The van der Waals surface area contributed by atoms with Crippen molar-refractivity contribution in [2.45, 2.75) is 0 Å². The Bertz CT molecular complexity index is 1090. The van der Waals surface area contributed by atoms with Gasteiger partial charge in [0.05, 0.1) is 17.9 Å². The summed E-state index contributed by atoms with van der Waals surface area (Å²) in [6, 6.07) is 8.05. The number of hydrogen-bond acceptors (Lipinski definition) is 6. The van der Waals surface area contributed by atoms with Gasteiger partial charge in [-0.05, 0) is 35.9 Å². The highest BCUT2D eigenvalue weighted by atomic mass is 32.1. The van der Waals surface area contributed by atoms with Crippen LogP contribution in [0.2, 0.25) is 0 Å². The molecule has 25 heavy (non-hydrogen) atoms. The molecule has 1 aromatic carbocycles. The SMILES string of the molecule is COc1ccc(/C=c2/s/c(=C\C(=O)c3ccco3)n(C)c2=O)cc1O. The van der Waals surface area contributed by atoms with Crippen LogP contribution in [0, 0.1) is 0 Å². The fourth-order valence-corrected chi connectivity index (χ4v) is 3.29. The van der Waals surface area contributed by atoms with Gasteiger partial charge in [0.2, 0.25) is 5.78 Å². The molecule has 3 rings (SSSR count). The first-order valence-electron chi connectivity index (χ1n) is 7.33. The van der Waals surface area contributed by atoms with Crippen LogP contribution in [0.1, 0.15) is 16.1 Å². The Morgan fingerprint density at radius 2 is 2.16 bits per heavy atom. The van der Waals surface area contributed by atoms with Crippen molar-refractivity contribution in [2.75, 3.05) is 7.11 Å². The molecular formula is C18H15NO5S. The summed E-state index contributed by atoms with van der Waals surface area (Å²) in [6.07, 6.45) is 4.44. The Kier molecular flexibility index (Phi) is 4.58. The summed E-state index contributed by atoms with van der Waals surface area (Å²) in [7, 11) is 3.06. The number of nitrogens with zero attached hydrogens (tertiary/aromatic N) is 1. The number of ether oxygens (including phenoxy) is 1. The van der Waals surface area contributed by atoms with E-state index in [1.165, 1.54) is 41.4 Å². The van der Waals surface area contributed by atoms with E-state index in [1.807, 2.05) is 0 Å². The van der Waals surface area contributed by atoms with Gasteiger partial charge in [-0.2, -0.15) is 0 Å². The molecule has 0 bridgehead atoms. The van der Waals surface area contributed by atoms with E-state index in [0.717, 1.165) is 0 Å². The summed E-state index contributed by atoms with van der Waals surface area (Å²) in [5.41, 5.74) is 0.431. The zero-order chi connectivity index (χ0) is 18.0. The minimum Gasteiger partial charge on any atom is -0.504 e. The van der Waals surface area contributed by atoms with Gasteiger partial charge in [-0.1, -0.05) is 6.07 Å². The standard InChI is InChI=1S/C18H15NO5S/c1-19-17(10-13(21)15-4-3-7-24-15)25-16(18(19)22)9-11-5-6-14(23-2)12(20)8-11/h3-10,20H,1-2H3/b16-9+,17-10-. The van der Waals surface area contributed by atoms with Gasteiger partial charge in [0, 0.05) is 13.1 Å². The largest absolute Gasteiger partial charge is 0.504 e. The molecule has 0 saturated carbocycles. The number of Topliss-reactive ketones (excluding diaryl/α,β-unsaturated/α-hetero) is 1. The average Bonchev–Trinajstić information content (AvgIpc) is 3.21. The van der Waals surface area contributed by atoms with Crippen molar-refractivity contribution in [3.05, 3.63) is 67.5 Å². The topological polar surface area (TPSA) is 81.7 Å². The van der Waals surface area contributed by atoms with Crippen molar-refractivity contribution in [1.29, 1.82) is 0 Å². The van der Waals surface area contributed by atoms with Gasteiger partial charge in [0.15, 0.2) is 17.3 Å². The molecule has 0 aliphatic carbocycles. The van der Waals surface area contributed by atoms with E-state index < -0.39 is 0 Å². The number of phenolic OH excluding ortho intramolecular Hbond substituents is 1. The fraction of sp³-hybridized carbons (Fsp3) is 0.111. The molecule has 128 valence electrons. The minimum atomic E-state index is -0.310. The Balaban J connectivity index is 2.06. The molecule has 0 fully saturated rings. The third-order valence-electron chi connectivity index (χ3n) is 3.58. The van der Waals surface area contributed by atoms with Gasteiger partial charge in [-0.15, -0.1) is 11.3 Å². The molecule has 1 N–H and O–H groups in total. The third kappa shape index (κ3) is 3.41. The Labute approximate surface area is 146 Å². The number of furan rings is 1. The second-order valence-electron chi connectivity index (χ2n) is 5.23. The van der Waals surface area contributed by atoms with Crippen LogP contribution in [-0.2, 0) is 7.05 Å². The summed E-state index contributed by atoms with van der Waals surface area (Å²) in [6.45, 7) is 0. The number of carbonyl (C=O) groups excluding carboxylic acids is 1. The smallest absolute Gasteiger partial charge is 0.268 e. The normalized spacial score (nSPS) is 12.6. The van der Waals surface area contributed by atoms with Gasteiger partial charge in [-0.3, -0.25) is 9.59 Å². The van der Waals surface area contributed by atoms with Crippen LogP contribution in [0.3, 0.4) is 0 Å². The second kappa shape index (κ2) is 6.82. The number of hydrogen-bond donors (Lipinski definition) is 1. The number of rotatable bonds is 4. The van der Waals surface area contributed by atoms with Crippen LogP contribution < -0.4 is 19.5 Å². The Morgan fingerprint density at radius 3 is 2.80 bits per heavy atom. The van der Waals surface area contributed by atoms with E-state index in [4.69, 9.17) is 9.15 Å². The predicted octanol–water partition coefficient (Wildman–Crippen LogP) is 1.25. The minimum absolute atomic E-state index is 0.00980. The number of aromatic hydroxyl groups is 1. The van der Waals surface area contributed by atoms with Gasteiger partial charge < -0.3 is 18.8 Å². The van der Waals surface area contributed by atoms with Gasteiger partial charge in [0.1, 0.15) is 4.66 Å². The Hall–Kier alpha value is -3.06. The monoisotopic (exact) mass is 357 g/mol. The third-order valence-corrected chi connectivity index (χ3v) is 4.69. The maximum atomic E-state index is 12.4. The average molecular weight is 357 g/mol. The molecule has 2 heterocycles. The van der Waals surface area contributed by atoms with E-state index >= 15 is 0 Å². The van der Waals surface area contributed by atoms with Crippen molar-refractivity contribution in [1.82, 2.24) is 4.57 Å². The molecule has 0 spiro atoms. The van der Waals surface area contributed by atoms with Gasteiger partial charge >= 0.3 is 0 Å². The van der Waals surface area contributed by atoms with Crippen molar-refractivity contribution in [3.8, 4) is 11.5 Å². The quantitative estimate of drug-likeness (QED) is 0.711. The lowest BCUT2D eigenvalue weighted by molar-refractivity contribution is 0.103. The number of thiazole rings is 1. The molecule has 0 radical (unpaired) electrons. The zero-order valence-electron chi connectivity index (χ0n) is 13.6. The van der Waals surface area contributed by atoms with E-state index in [9.17, 15) is 14.7 Å². The highest BCUT2D eigenvalue weighted by Gasteiger charge is 2.08. The molecule has 0 aliphatic rings. The first-order chi connectivity index (χ1) is 12.0. The van der Waals surface area contributed by atoms with E-state index in [2.05, 4.69) is 0 Å². The molecule has 7 heteroatoms. The molecule has 0 aliphatic heterocycles. The predicted molar refractivity (Wildman–Crippen MR) is 94.5 cm³/mol. The molecule has 0 amide bonds. The molecule has 0 unspecified atom stereocenters. The van der Waals surface area contributed by atoms with Crippen molar-refractivity contribution in [3.63, 3.8) is 0 Å². The highest BCUT2D eigenvalue weighted by molar-refractivity contribution is 7.07. The molecular weight excluding hydrogens is 342 g/mol. The number of aromatic nitrogens is 1. The number of methoxy groups -OCH3 is 1. The number of benzene rings is 1. The zero-order valence-corrected chi connectivity index (χ0v) is 14.4. The van der Waals surface area contributed by atoms with Crippen LogP contribution in [-0.4, -0.2) is 22.6 Å². The number of carbonyl (C=O) groups is 1. The molecule has 0 atom stereocenters. The lowest BCUT2D eigenvalue weighted by Crippen LogP contribution is -2.29. The van der Waals surface area contributed by atoms with Gasteiger partial charge in [0.25, 0.3) is 5.56 Å². The van der Waals surface area contributed by atoms with E-state index in [1.54, 1.807) is 37.4 Å². The number of phenols is 1. The van der Waals surface area contributed by atoms with Crippen molar-refractivity contribution in [2.24, 2.45) is 7.05 Å². The van der Waals surface area contributed by atoms with E-state index in [0.29, 0.717) is 20.5 Å². The summed E-state index contributed by atoms with van der Waals surface area (Å²) in [5, 5.41) is 9.84. The summed E-state index contributed by atoms with van der Waals surface area (Å²) in [5.74, 6) is 0.251. The maximum absolute atomic E-state index is 12.4. The highest BCUT2D eigenvalue weighted by Crippen LogP contribution is 2.26. The van der Waals surface area contributed by atoms with Crippen LogP contribution >= 0.6 is 11.3 Å². The Morgan fingerprint density at radius 1 is 1.36 bits per heavy atom. The van der Waals surface area contributed by atoms with Crippen molar-refractivity contribution < 1.29 is 19.1 Å². The second-order valence-corrected chi connectivity index (χ2v) is 6.29.